The summed E-state index contributed by atoms with van der Waals surface area (Å²) in [7, 11) is 0. The van der Waals surface area contributed by atoms with Crippen LogP contribution in [0.15, 0.2) is 42.5 Å². The molecule has 0 N–H and O–H groups in total. The summed E-state index contributed by atoms with van der Waals surface area (Å²) in [5.74, 6) is 2.05. The zero-order chi connectivity index (χ0) is 19.2. The van der Waals surface area contributed by atoms with Gasteiger partial charge in [-0.2, -0.15) is 0 Å². The third-order valence-electron chi connectivity index (χ3n) is 5.11. The van der Waals surface area contributed by atoms with E-state index in [0.717, 1.165) is 49.7 Å². The number of rotatable bonds is 9. The van der Waals surface area contributed by atoms with Crippen LogP contribution in [-0.2, 0) is 13.0 Å². The fourth-order valence-electron chi connectivity index (χ4n) is 3.51. The van der Waals surface area contributed by atoms with Crippen molar-refractivity contribution in [2.75, 3.05) is 26.2 Å². The standard InChI is InChI=1S/C23H31N3O.2ClH/c1-5-25(6-2)14-15-26-22-13-8-18(4)16-21(22)24-23(26)17-19-9-11-20(12-10-19)27-7-3;;/h8-13,16H,5-7,14-15,17H2,1-4H3;2*1H. The number of hydrogen-bond donors (Lipinski definition) is 0. The first kappa shape index (κ1) is 25.3. The summed E-state index contributed by atoms with van der Waals surface area (Å²) in [4.78, 5) is 7.43. The van der Waals surface area contributed by atoms with Gasteiger partial charge in [-0.05, 0) is 62.3 Å². The van der Waals surface area contributed by atoms with E-state index in [9.17, 15) is 0 Å². The Hall–Kier alpha value is -1.75. The van der Waals surface area contributed by atoms with Gasteiger partial charge < -0.3 is 14.2 Å². The van der Waals surface area contributed by atoms with Gasteiger partial charge in [-0.1, -0.05) is 32.0 Å². The Morgan fingerprint density at radius 2 is 1.66 bits per heavy atom. The lowest BCUT2D eigenvalue weighted by atomic mass is 10.1. The minimum absolute atomic E-state index is 0. The summed E-state index contributed by atoms with van der Waals surface area (Å²) in [6.45, 7) is 13.4. The number of fused-ring (bicyclic) bond motifs is 1. The summed E-state index contributed by atoms with van der Waals surface area (Å²) in [6.07, 6.45) is 0.832. The maximum Gasteiger partial charge on any atom is 0.119 e. The molecule has 1 aromatic heterocycles. The van der Waals surface area contributed by atoms with E-state index in [0.29, 0.717) is 6.61 Å². The van der Waals surface area contributed by atoms with Gasteiger partial charge in [0.25, 0.3) is 0 Å². The van der Waals surface area contributed by atoms with Gasteiger partial charge >= 0.3 is 0 Å². The van der Waals surface area contributed by atoms with Crippen LogP contribution in [0.4, 0.5) is 0 Å². The summed E-state index contributed by atoms with van der Waals surface area (Å²) < 4.78 is 7.95. The number of hydrogen-bond acceptors (Lipinski definition) is 3. The average molecular weight is 438 g/mol. The molecule has 0 bridgehead atoms. The summed E-state index contributed by atoms with van der Waals surface area (Å²) in [5, 5.41) is 0. The van der Waals surface area contributed by atoms with Crippen LogP contribution >= 0.6 is 24.8 Å². The Morgan fingerprint density at radius 3 is 2.28 bits per heavy atom. The van der Waals surface area contributed by atoms with E-state index in [4.69, 9.17) is 9.72 Å². The van der Waals surface area contributed by atoms with Crippen LogP contribution in [0.25, 0.3) is 11.0 Å². The molecule has 0 atom stereocenters. The molecule has 0 unspecified atom stereocenters. The van der Waals surface area contributed by atoms with Crippen molar-refractivity contribution in [3.05, 3.63) is 59.4 Å². The average Bonchev–Trinajstić information content (AvgIpc) is 3.00. The quantitative estimate of drug-likeness (QED) is 0.441. The second-order valence-electron chi connectivity index (χ2n) is 6.95. The van der Waals surface area contributed by atoms with Crippen molar-refractivity contribution >= 4 is 35.8 Å². The Bertz CT molecular complexity index is 874. The maximum atomic E-state index is 5.56. The van der Waals surface area contributed by atoms with Crippen molar-refractivity contribution in [1.29, 1.82) is 0 Å². The maximum absolute atomic E-state index is 5.56. The summed E-state index contributed by atoms with van der Waals surface area (Å²) >= 11 is 0. The zero-order valence-electron chi connectivity index (χ0n) is 17.9. The van der Waals surface area contributed by atoms with E-state index in [2.05, 4.69) is 60.6 Å². The lowest BCUT2D eigenvalue weighted by Gasteiger charge is -2.19. The summed E-state index contributed by atoms with van der Waals surface area (Å²) in [6, 6.07) is 15.0. The molecule has 0 aliphatic carbocycles. The van der Waals surface area contributed by atoms with E-state index >= 15 is 0 Å². The number of aryl methyl sites for hydroxylation is 1. The third-order valence-corrected chi connectivity index (χ3v) is 5.11. The van der Waals surface area contributed by atoms with E-state index in [-0.39, 0.29) is 24.8 Å². The van der Waals surface area contributed by atoms with Crippen molar-refractivity contribution in [3.8, 4) is 5.75 Å². The second-order valence-corrected chi connectivity index (χ2v) is 6.95. The Morgan fingerprint density at radius 1 is 0.966 bits per heavy atom. The fraction of sp³-hybridized carbons (Fsp3) is 0.435. The highest BCUT2D eigenvalue weighted by atomic mass is 35.5. The molecule has 0 radical (unpaired) electrons. The molecular formula is C23H33Cl2N3O. The monoisotopic (exact) mass is 437 g/mol. The van der Waals surface area contributed by atoms with Crippen molar-refractivity contribution in [2.24, 2.45) is 0 Å². The highest BCUT2D eigenvalue weighted by molar-refractivity contribution is 5.85. The molecule has 160 valence electrons. The molecule has 3 aromatic rings. The number of ether oxygens (including phenoxy) is 1. The van der Waals surface area contributed by atoms with Gasteiger partial charge in [0.1, 0.15) is 11.6 Å². The highest BCUT2D eigenvalue weighted by Crippen LogP contribution is 2.21. The second kappa shape index (κ2) is 12.1. The SMILES string of the molecule is CCOc1ccc(Cc2nc3cc(C)ccc3n2CCN(CC)CC)cc1.Cl.Cl. The Balaban J connectivity index is 0.00000210. The number of aromatic nitrogens is 2. The number of imidazole rings is 1. The van der Waals surface area contributed by atoms with Crippen molar-refractivity contribution in [1.82, 2.24) is 14.5 Å². The van der Waals surface area contributed by atoms with Crippen LogP contribution in [-0.4, -0.2) is 40.7 Å². The molecule has 3 rings (SSSR count). The molecule has 6 heteroatoms. The van der Waals surface area contributed by atoms with Gasteiger partial charge in [-0.3, -0.25) is 0 Å². The van der Waals surface area contributed by atoms with Crippen LogP contribution < -0.4 is 4.74 Å². The third kappa shape index (κ3) is 6.36. The first-order valence-corrected chi connectivity index (χ1v) is 10.0. The van der Waals surface area contributed by atoms with Crippen molar-refractivity contribution in [2.45, 2.75) is 40.7 Å². The van der Waals surface area contributed by atoms with Gasteiger partial charge in [0.05, 0.1) is 17.6 Å². The molecule has 0 spiro atoms. The van der Waals surface area contributed by atoms with E-state index < -0.39 is 0 Å². The van der Waals surface area contributed by atoms with E-state index in [1.807, 2.05) is 19.1 Å². The number of likely N-dealkylation sites (N-methyl/N-ethyl adjacent to an activating group) is 1. The fourth-order valence-corrected chi connectivity index (χ4v) is 3.51. The first-order chi connectivity index (χ1) is 13.1. The van der Waals surface area contributed by atoms with Crippen LogP contribution in [0.2, 0.25) is 0 Å². The molecule has 4 nitrogen and oxygen atoms in total. The lowest BCUT2D eigenvalue weighted by molar-refractivity contribution is 0.291. The molecule has 0 saturated carbocycles. The molecule has 1 heterocycles. The van der Waals surface area contributed by atoms with Crippen LogP contribution in [0.1, 0.15) is 37.7 Å². The molecule has 0 aliphatic rings. The van der Waals surface area contributed by atoms with Gasteiger partial charge in [0.2, 0.25) is 0 Å². The number of nitrogens with zero attached hydrogens (tertiary/aromatic N) is 3. The van der Waals surface area contributed by atoms with Gasteiger partial charge in [-0.15, -0.1) is 24.8 Å². The number of halogens is 2. The molecule has 0 fully saturated rings. The van der Waals surface area contributed by atoms with Crippen LogP contribution in [0.3, 0.4) is 0 Å². The molecule has 29 heavy (non-hydrogen) atoms. The van der Waals surface area contributed by atoms with Gasteiger partial charge in [-0.25, -0.2) is 4.98 Å². The Labute approximate surface area is 187 Å². The normalized spacial score (nSPS) is 10.7. The topological polar surface area (TPSA) is 30.3 Å². The van der Waals surface area contributed by atoms with E-state index in [1.165, 1.54) is 16.6 Å². The van der Waals surface area contributed by atoms with Gasteiger partial charge in [0, 0.05) is 19.5 Å². The molecule has 2 aromatic carbocycles. The van der Waals surface area contributed by atoms with Crippen molar-refractivity contribution in [3.63, 3.8) is 0 Å². The largest absolute Gasteiger partial charge is 0.494 e. The van der Waals surface area contributed by atoms with E-state index in [1.54, 1.807) is 0 Å². The predicted molar refractivity (Wildman–Crippen MR) is 127 cm³/mol. The number of benzene rings is 2. The molecule has 0 amide bonds. The minimum atomic E-state index is 0. The van der Waals surface area contributed by atoms with Crippen LogP contribution in [0, 0.1) is 6.92 Å². The lowest BCUT2D eigenvalue weighted by Crippen LogP contribution is -2.27. The molecule has 0 saturated heterocycles. The first-order valence-electron chi connectivity index (χ1n) is 10.0. The van der Waals surface area contributed by atoms with Crippen molar-refractivity contribution < 1.29 is 4.74 Å². The zero-order valence-corrected chi connectivity index (χ0v) is 19.5. The predicted octanol–water partition coefficient (Wildman–Crippen LogP) is 5.52. The van der Waals surface area contributed by atoms with Gasteiger partial charge in [0.15, 0.2) is 0 Å². The molecule has 0 aliphatic heterocycles. The highest BCUT2D eigenvalue weighted by Gasteiger charge is 2.12. The summed E-state index contributed by atoms with van der Waals surface area (Å²) in [5.41, 5.74) is 4.84. The van der Waals surface area contributed by atoms with Crippen LogP contribution in [0.5, 0.6) is 5.75 Å². The smallest absolute Gasteiger partial charge is 0.119 e. The minimum Gasteiger partial charge on any atom is -0.494 e. The molecular weight excluding hydrogens is 405 g/mol. The Kier molecular flexibility index (Phi) is 10.5.